The Morgan fingerprint density at radius 3 is 2.55 bits per heavy atom. The molecule has 0 aliphatic heterocycles. The Labute approximate surface area is 118 Å². The molecule has 1 aromatic heterocycles. The molecular weight excluding hydrogens is 248 g/mol. The SMILES string of the molecule is Cc1cc2ncn(-c3ccccc3[C@@H](C)O)c2cc1C. The fourth-order valence-electron chi connectivity index (χ4n) is 2.52. The highest BCUT2D eigenvalue weighted by Crippen LogP contribution is 2.26. The lowest BCUT2D eigenvalue weighted by Crippen LogP contribution is -2.01. The van der Waals surface area contributed by atoms with E-state index in [0.717, 1.165) is 22.3 Å². The van der Waals surface area contributed by atoms with Gasteiger partial charge in [0.1, 0.15) is 6.33 Å². The van der Waals surface area contributed by atoms with Crippen molar-refractivity contribution in [3.63, 3.8) is 0 Å². The van der Waals surface area contributed by atoms with Gasteiger partial charge in [-0.1, -0.05) is 18.2 Å². The van der Waals surface area contributed by atoms with Crippen LogP contribution in [0.3, 0.4) is 0 Å². The molecular formula is C17H18N2O. The van der Waals surface area contributed by atoms with E-state index in [9.17, 15) is 5.11 Å². The van der Waals surface area contributed by atoms with Crippen molar-refractivity contribution < 1.29 is 5.11 Å². The number of rotatable bonds is 2. The molecule has 3 nitrogen and oxygen atoms in total. The van der Waals surface area contributed by atoms with E-state index in [2.05, 4.69) is 31.0 Å². The molecule has 0 unspecified atom stereocenters. The Bertz CT molecular complexity index is 772. The minimum atomic E-state index is -0.504. The van der Waals surface area contributed by atoms with Gasteiger partial charge in [-0.25, -0.2) is 4.98 Å². The van der Waals surface area contributed by atoms with E-state index in [-0.39, 0.29) is 0 Å². The molecule has 1 heterocycles. The molecule has 0 fully saturated rings. The Morgan fingerprint density at radius 2 is 1.80 bits per heavy atom. The quantitative estimate of drug-likeness (QED) is 0.768. The largest absolute Gasteiger partial charge is 0.389 e. The molecule has 3 rings (SSSR count). The second-order valence-electron chi connectivity index (χ2n) is 5.27. The highest BCUT2D eigenvalue weighted by atomic mass is 16.3. The monoisotopic (exact) mass is 266 g/mol. The van der Waals surface area contributed by atoms with Crippen LogP contribution in [-0.4, -0.2) is 14.7 Å². The minimum absolute atomic E-state index is 0.504. The van der Waals surface area contributed by atoms with Crippen LogP contribution in [0, 0.1) is 13.8 Å². The molecule has 102 valence electrons. The third-order valence-electron chi connectivity index (χ3n) is 3.81. The van der Waals surface area contributed by atoms with Crippen molar-refractivity contribution in [3.8, 4) is 5.69 Å². The number of benzene rings is 2. The van der Waals surface area contributed by atoms with E-state index in [1.165, 1.54) is 11.1 Å². The van der Waals surface area contributed by atoms with E-state index in [1.54, 1.807) is 6.92 Å². The summed E-state index contributed by atoms with van der Waals surface area (Å²) in [6.07, 6.45) is 1.32. The number of aromatic nitrogens is 2. The van der Waals surface area contributed by atoms with E-state index < -0.39 is 6.10 Å². The smallest absolute Gasteiger partial charge is 0.100 e. The number of para-hydroxylation sites is 1. The third-order valence-corrected chi connectivity index (χ3v) is 3.81. The Balaban J connectivity index is 2.28. The normalized spacial score (nSPS) is 12.8. The molecule has 1 N–H and O–H groups in total. The number of nitrogens with zero attached hydrogens (tertiary/aromatic N) is 2. The van der Waals surface area contributed by atoms with Gasteiger partial charge in [-0.15, -0.1) is 0 Å². The predicted molar refractivity (Wildman–Crippen MR) is 81.2 cm³/mol. The first-order chi connectivity index (χ1) is 9.58. The first-order valence-electron chi connectivity index (χ1n) is 6.79. The molecule has 0 radical (unpaired) electrons. The van der Waals surface area contributed by atoms with Gasteiger partial charge in [-0.3, -0.25) is 4.57 Å². The standard InChI is InChI=1S/C17H18N2O/c1-11-8-15-17(9-12(11)2)19(10-18-15)16-7-5-4-6-14(16)13(3)20/h4-10,13,20H,1-3H3/t13-/m1/s1. The number of imidazole rings is 1. The summed E-state index contributed by atoms with van der Waals surface area (Å²) in [5.41, 5.74) is 6.42. The molecule has 3 heteroatoms. The van der Waals surface area contributed by atoms with Gasteiger partial charge in [0.25, 0.3) is 0 Å². The predicted octanol–water partition coefficient (Wildman–Crippen LogP) is 3.70. The van der Waals surface area contributed by atoms with Crippen LogP contribution in [0.15, 0.2) is 42.7 Å². The van der Waals surface area contributed by atoms with Crippen molar-refractivity contribution in [1.29, 1.82) is 0 Å². The van der Waals surface area contributed by atoms with Crippen molar-refractivity contribution in [2.75, 3.05) is 0 Å². The van der Waals surface area contributed by atoms with Crippen LogP contribution >= 0.6 is 0 Å². The maximum Gasteiger partial charge on any atom is 0.100 e. The fraction of sp³-hybridized carbons (Fsp3) is 0.235. The van der Waals surface area contributed by atoms with Crippen LogP contribution in [0.25, 0.3) is 16.7 Å². The van der Waals surface area contributed by atoms with Gasteiger partial charge in [-0.05, 0) is 50.1 Å². The topological polar surface area (TPSA) is 38.0 Å². The highest BCUT2D eigenvalue weighted by molar-refractivity contribution is 5.79. The lowest BCUT2D eigenvalue weighted by molar-refractivity contribution is 0.199. The van der Waals surface area contributed by atoms with Crippen LogP contribution in [0.2, 0.25) is 0 Å². The van der Waals surface area contributed by atoms with Crippen LogP contribution in [-0.2, 0) is 0 Å². The van der Waals surface area contributed by atoms with Gasteiger partial charge in [0, 0.05) is 5.56 Å². The van der Waals surface area contributed by atoms with E-state index in [1.807, 2.05) is 35.2 Å². The third kappa shape index (κ3) is 2.00. The molecule has 0 saturated heterocycles. The highest BCUT2D eigenvalue weighted by Gasteiger charge is 2.12. The first kappa shape index (κ1) is 12.9. The van der Waals surface area contributed by atoms with Gasteiger partial charge in [-0.2, -0.15) is 0 Å². The average Bonchev–Trinajstić information content (AvgIpc) is 2.82. The fourth-order valence-corrected chi connectivity index (χ4v) is 2.52. The Kier molecular flexibility index (Phi) is 3.07. The summed E-state index contributed by atoms with van der Waals surface area (Å²) >= 11 is 0. The summed E-state index contributed by atoms with van der Waals surface area (Å²) in [5, 5.41) is 9.94. The van der Waals surface area contributed by atoms with Crippen LogP contribution in [0.5, 0.6) is 0 Å². The summed E-state index contributed by atoms with van der Waals surface area (Å²) in [6, 6.07) is 12.1. The lowest BCUT2D eigenvalue weighted by Gasteiger charge is -2.13. The molecule has 20 heavy (non-hydrogen) atoms. The molecule has 0 amide bonds. The average molecular weight is 266 g/mol. The second kappa shape index (κ2) is 4.76. The maximum absolute atomic E-state index is 9.94. The molecule has 0 aliphatic rings. The van der Waals surface area contributed by atoms with Crippen molar-refractivity contribution in [3.05, 3.63) is 59.4 Å². The first-order valence-corrected chi connectivity index (χ1v) is 6.79. The van der Waals surface area contributed by atoms with Gasteiger partial charge in [0.2, 0.25) is 0 Å². The van der Waals surface area contributed by atoms with Crippen molar-refractivity contribution in [2.45, 2.75) is 26.9 Å². The minimum Gasteiger partial charge on any atom is -0.389 e. The van der Waals surface area contributed by atoms with Crippen molar-refractivity contribution in [2.24, 2.45) is 0 Å². The van der Waals surface area contributed by atoms with Crippen molar-refractivity contribution >= 4 is 11.0 Å². The maximum atomic E-state index is 9.94. The van der Waals surface area contributed by atoms with Gasteiger partial charge in [0.05, 0.1) is 22.8 Å². The molecule has 0 saturated carbocycles. The Morgan fingerprint density at radius 1 is 1.10 bits per heavy atom. The number of aryl methyl sites for hydroxylation is 2. The summed E-state index contributed by atoms with van der Waals surface area (Å²) < 4.78 is 2.05. The number of aliphatic hydroxyl groups is 1. The number of fused-ring (bicyclic) bond motifs is 1. The van der Waals surface area contributed by atoms with Gasteiger partial charge >= 0.3 is 0 Å². The van der Waals surface area contributed by atoms with Crippen LogP contribution in [0.1, 0.15) is 29.7 Å². The molecule has 2 aromatic carbocycles. The number of hydrogen-bond donors (Lipinski definition) is 1. The van der Waals surface area contributed by atoms with Gasteiger partial charge < -0.3 is 5.11 Å². The molecule has 1 atom stereocenters. The number of hydrogen-bond acceptors (Lipinski definition) is 2. The van der Waals surface area contributed by atoms with Gasteiger partial charge in [0.15, 0.2) is 0 Å². The zero-order valence-corrected chi connectivity index (χ0v) is 12.0. The van der Waals surface area contributed by atoms with Crippen LogP contribution < -0.4 is 0 Å². The molecule has 3 aromatic rings. The van der Waals surface area contributed by atoms with Crippen LogP contribution in [0.4, 0.5) is 0 Å². The second-order valence-corrected chi connectivity index (χ2v) is 5.27. The Hall–Kier alpha value is -2.13. The zero-order valence-electron chi connectivity index (χ0n) is 12.0. The van der Waals surface area contributed by atoms with E-state index >= 15 is 0 Å². The van der Waals surface area contributed by atoms with E-state index in [0.29, 0.717) is 0 Å². The van der Waals surface area contributed by atoms with E-state index in [4.69, 9.17) is 0 Å². The molecule has 0 spiro atoms. The summed E-state index contributed by atoms with van der Waals surface area (Å²) in [5.74, 6) is 0. The van der Waals surface area contributed by atoms with Crippen molar-refractivity contribution in [1.82, 2.24) is 9.55 Å². The zero-order chi connectivity index (χ0) is 14.3. The summed E-state index contributed by atoms with van der Waals surface area (Å²) in [4.78, 5) is 4.48. The lowest BCUT2D eigenvalue weighted by atomic mass is 10.1. The molecule has 0 aliphatic carbocycles. The molecule has 0 bridgehead atoms. The summed E-state index contributed by atoms with van der Waals surface area (Å²) in [6.45, 7) is 5.98. The number of aliphatic hydroxyl groups excluding tert-OH is 1. The summed E-state index contributed by atoms with van der Waals surface area (Å²) in [7, 11) is 0.